The third-order valence-electron chi connectivity index (χ3n) is 6.56. The van der Waals surface area contributed by atoms with Crippen LogP contribution in [0.1, 0.15) is 29.7 Å². The van der Waals surface area contributed by atoms with Gasteiger partial charge in [-0.2, -0.15) is 0 Å². The topological polar surface area (TPSA) is 64.1 Å². The lowest BCUT2D eigenvalue weighted by molar-refractivity contribution is -0.0108. The summed E-state index contributed by atoms with van der Waals surface area (Å²) in [5, 5.41) is 11.5. The number of pyridine rings is 1. The number of ether oxygens (including phenoxy) is 3. The van der Waals surface area contributed by atoms with Crippen LogP contribution in [0, 0.1) is 18.8 Å². The second-order valence-electron chi connectivity index (χ2n) is 8.57. The zero-order valence-electron chi connectivity index (χ0n) is 18.1. The van der Waals surface area contributed by atoms with Crippen LogP contribution in [-0.4, -0.2) is 55.5 Å². The predicted octanol–water partition coefficient (Wildman–Crippen LogP) is 3.15. The Morgan fingerprint density at radius 1 is 1.13 bits per heavy atom. The van der Waals surface area contributed by atoms with Crippen LogP contribution in [0.3, 0.4) is 0 Å². The largest absolute Gasteiger partial charge is 0.493 e. The molecule has 0 spiro atoms. The summed E-state index contributed by atoms with van der Waals surface area (Å²) in [5.41, 5.74) is 2.31. The molecule has 162 valence electrons. The lowest BCUT2D eigenvalue weighted by atomic mass is 9.85. The van der Waals surface area contributed by atoms with Crippen molar-refractivity contribution in [2.24, 2.45) is 11.8 Å². The Morgan fingerprint density at radius 2 is 2.00 bits per heavy atom. The second-order valence-corrected chi connectivity index (χ2v) is 8.57. The molecule has 6 nitrogen and oxygen atoms in total. The van der Waals surface area contributed by atoms with Gasteiger partial charge in [0.1, 0.15) is 12.2 Å². The average molecular weight is 413 g/mol. The van der Waals surface area contributed by atoms with Gasteiger partial charge in [-0.05, 0) is 55.0 Å². The molecule has 2 fully saturated rings. The number of rotatable bonds is 8. The van der Waals surface area contributed by atoms with Gasteiger partial charge in [0.05, 0.1) is 19.4 Å². The Balaban J connectivity index is 1.43. The maximum atomic E-state index is 11.5. The predicted molar refractivity (Wildman–Crippen MR) is 115 cm³/mol. The molecule has 6 heteroatoms. The normalized spacial score (nSPS) is 26.0. The first-order valence-electron chi connectivity index (χ1n) is 10.7. The van der Waals surface area contributed by atoms with Crippen molar-refractivity contribution in [1.82, 2.24) is 9.88 Å². The Morgan fingerprint density at radius 3 is 2.73 bits per heavy atom. The molecule has 0 radical (unpaired) electrons. The van der Waals surface area contributed by atoms with Crippen LogP contribution in [0.4, 0.5) is 0 Å². The molecular formula is C24H32N2O4. The molecule has 2 heterocycles. The van der Waals surface area contributed by atoms with Gasteiger partial charge in [-0.3, -0.25) is 9.88 Å². The highest BCUT2D eigenvalue weighted by molar-refractivity contribution is 5.43. The quantitative estimate of drug-likeness (QED) is 0.672. The van der Waals surface area contributed by atoms with Gasteiger partial charge in [-0.1, -0.05) is 12.1 Å². The number of methoxy groups -OCH3 is 2. The third kappa shape index (κ3) is 4.17. The van der Waals surface area contributed by atoms with Crippen LogP contribution < -0.4 is 9.47 Å². The number of nitrogens with zero attached hydrogens (tertiary/aromatic N) is 2. The molecule has 1 saturated carbocycles. The van der Waals surface area contributed by atoms with Crippen LogP contribution in [0.15, 0.2) is 36.5 Å². The van der Waals surface area contributed by atoms with Crippen molar-refractivity contribution >= 4 is 0 Å². The number of likely N-dealkylation sites (tertiary alicyclic amines) is 1. The average Bonchev–Trinajstić information content (AvgIpc) is 3.29. The Bertz CT molecular complexity index is 857. The van der Waals surface area contributed by atoms with Gasteiger partial charge in [0.25, 0.3) is 0 Å². The number of aromatic nitrogens is 1. The van der Waals surface area contributed by atoms with Crippen LogP contribution in [0.5, 0.6) is 11.5 Å². The van der Waals surface area contributed by atoms with Crippen molar-refractivity contribution in [3.63, 3.8) is 0 Å². The monoisotopic (exact) mass is 412 g/mol. The van der Waals surface area contributed by atoms with Gasteiger partial charge >= 0.3 is 0 Å². The van der Waals surface area contributed by atoms with Gasteiger partial charge < -0.3 is 19.3 Å². The summed E-state index contributed by atoms with van der Waals surface area (Å²) in [4.78, 5) is 6.99. The molecule has 1 saturated heterocycles. The van der Waals surface area contributed by atoms with Crippen LogP contribution >= 0.6 is 0 Å². The number of hydrogen-bond acceptors (Lipinski definition) is 6. The first kappa shape index (κ1) is 21.1. The summed E-state index contributed by atoms with van der Waals surface area (Å²) in [6, 6.07) is 10.1. The molecule has 1 N–H and O–H groups in total. The number of benzene rings is 1. The maximum Gasteiger partial charge on any atom is 0.161 e. The van der Waals surface area contributed by atoms with E-state index in [2.05, 4.69) is 16.0 Å². The van der Waals surface area contributed by atoms with Crippen LogP contribution in [0.25, 0.3) is 0 Å². The molecule has 1 aliphatic carbocycles. The Hall–Kier alpha value is -2.15. The number of aliphatic hydroxyl groups is 1. The minimum absolute atomic E-state index is 0.228. The van der Waals surface area contributed by atoms with E-state index in [1.54, 1.807) is 14.2 Å². The molecule has 1 aromatic carbocycles. The SMILES string of the molecule is COCCOc1ccc(CN2C[C@H]3CC[C@](O)(c4ccc(C)cn4)[C@H]3C2)cc1OC. The summed E-state index contributed by atoms with van der Waals surface area (Å²) in [7, 11) is 3.32. The van der Waals surface area contributed by atoms with Crippen LogP contribution in [0.2, 0.25) is 0 Å². The highest BCUT2D eigenvalue weighted by Crippen LogP contribution is 2.50. The number of fused-ring (bicyclic) bond motifs is 1. The lowest BCUT2D eigenvalue weighted by Gasteiger charge is -2.30. The Labute approximate surface area is 178 Å². The molecule has 2 aromatic rings. The van der Waals surface area contributed by atoms with Crippen molar-refractivity contribution < 1.29 is 19.3 Å². The van der Waals surface area contributed by atoms with Gasteiger partial charge in [0, 0.05) is 38.9 Å². The van der Waals surface area contributed by atoms with E-state index in [0.717, 1.165) is 55.2 Å². The molecule has 2 aliphatic rings. The highest BCUT2D eigenvalue weighted by Gasteiger charge is 2.53. The van der Waals surface area contributed by atoms with E-state index in [1.165, 1.54) is 5.56 Å². The van der Waals surface area contributed by atoms with Crippen molar-refractivity contribution in [2.45, 2.75) is 31.9 Å². The molecule has 0 amide bonds. The number of hydrogen-bond donors (Lipinski definition) is 1. The molecule has 1 aromatic heterocycles. The minimum Gasteiger partial charge on any atom is -0.493 e. The minimum atomic E-state index is -0.816. The van der Waals surface area contributed by atoms with E-state index >= 15 is 0 Å². The fraction of sp³-hybridized carbons (Fsp3) is 0.542. The summed E-state index contributed by atoms with van der Waals surface area (Å²) < 4.78 is 16.3. The zero-order chi connectivity index (χ0) is 21.1. The first-order valence-corrected chi connectivity index (χ1v) is 10.7. The van der Waals surface area contributed by atoms with E-state index in [4.69, 9.17) is 14.2 Å². The zero-order valence-corrected chi connectivity index (χ0v) is 18.1. The van der Waals surface area contributed by atoms with Gasteiger partial charge in [0.2, 0.25) is 0 Å². The lowest BCUT2D eigenvalue weighted by Crippen LogP contribution is -2.35. The van der Waals surface area contributed by atoms with Crippen molar-refractivity contribution in [3.05, 3.63) is 53.3 Å². The summed E-state index contributed by atoms with van der Waals surface area (Å²) in [5.74, 6) is 2.21. The fourth-order valence-corrected chi connectivity index (χ4v) is 4.98. The summed E-state index contributed by atoms with van der Waals surface area (Å²) >= 11 is 0. The van der Waals surface area contributed by atoms with Gasteiger partial charge in [0.15, 0.2) is 11.5 Å². The van der Waals surface area contributed by atoms with Crippen LogP contribution in [-0.2, 0) is 16.9 Å². The van der Waals surface area contributed by atoms with Gasteiger partial charge in [-0.15, -0.1) is 0 Å². The first-order chi connectivity index (χ1) is 14.5. The molecule has 1 aliphatic heterocycles. The second kappa shape index (κ2) is 8.92. The van der Waals surface area contributed by atoms with E-state index in [9.17, 15) is 5.11 Å². The van der Waals surface area contributed by atoms with Gasteiger partial charge in [-0.25, -0.2) is 0 Å². The molecule has 0 unspecified atom stereocenters. The highest BCUT2D eigenvalue weighted by atomic mass is 16.5. The molecule has 30 heavy (non-hydrogen) atoms. The Kier molecular flexibility index (Phi) is 6.27. The van der Waals surface area contributed by atoms with E-state index in [-0.39, 0.29) is 5.92 Å². The number of aryl methyl sites for hydroxylation is 1. The molecular weight excluding hydrogens is 380 g/mol. The van der Waals surface area contributed by atoms with Crippen molar-refractivity contribution in [3.8, 4) is 11.5 Å². The van der Waals surface area contributed by atoms with E-state index in [0.29, 0.717) is 19.1 Å². The standard InChI is InChI=1S/C24H32N2O4/c1-17-4-7-23(25-13-17)24(27)9-8-19-15-26(16-20(19)24)14-18-5-6-21(22(12-18)29-3)30-11-10-28-2/h4-7,12-13,19-20,27H,8-11,14-16H2,1-3H3/t19-,20+,24-/m1/s1. The molecule has 0 bridgehead atoms. The van der Waals surface area contributed by atoms with Crippen molar-refractivity contribution in [2.75, 3.05) is 40.5 Å². The maximum absolute atomic E-state index is 11.5. The van der Waals surface area contributed by atoms with E-state index in [1.807, 2.05) is 37.4 Å². The van der Waals surface area contributed by atoms with E-state index < -0.39 is 5.60 Å². The fourth-order valence-electron chi connectivity index (χ4n) is 4.98. The smallest absolute Gasteiger partial charge is 0.161 e. The summed E-state index contributed by atoms with van der Waals surface area (Å²) in [6.07, 6.45) is 3.70. The van der Waals surface area contributed by atoms with Crippen molar-refractivity contribution in [1.29, 1.82) is 0 Å². The molecule has 4 rings (SSSR count). The molecule has 3 atom stereocenters. The third-order valence-corrected chi connectivity index (χ3v) is 6.56. The summed E-state index contributed by atoms with van der Waals surface area (Å²) in [6.45, 7) is 5.78.